The van der Waals surface area contributed by atoms with Crippen molar-refractivity contribution >= 4 is 22.8 Å². The Labute approximate surface area is 166 Å². The fourth-order valence-electron chi connectivity index (χ4n) is 3.65. The van der Waals surface area contributed by atoms with Gasteiger partial charge in [0.1, 0.15) is 29.2 Å². The Morgan fingerprint density at radius 2 is 2.24 bits per heavy atom. The van der Waals surface area contributed by atoms with E-state index in [1.807, 2.05) is 12.1 Å². The van der Waals surface area contributed by atoms with Crippen molar-refractivity contribution in [3.63, 3.8) is 0 Å². The number of hydrogen-bond acceptors (Lipinski definition) is 6. The molecule has 3 aromatic rings. The molecule has 1 aliphatic rings. The quantitative estimate of drug-likeness (QED) is 0.584. The van der Waals surface area contributed by atoms with E-state index >= 15 is 0 Å². The number of nitrogens with two attached hydrogens (primary N) is 1. The van der Waals surface area contributed by atoms with E-state index in [2.05, 4.69) is 10.3 Å². The number of carbonyl (C=O) groups excluding carboxylic acids is 2. The third-order valence-electron chi connectivity index (χ3n) is 5.08. The minimum atomic E-state index is -1.17. The SMILES string of the molecule is Cc1oc2ccc(OC3CCc4cccnc43)cc2c1C(=O)N[C@@H](CO)C(N)=O. The van der Waals surface area contributed by atoms with Gasteiger partial charge < -0.3 is 25.3 Å². The summed E-state index contributed by atoms with van der Waals surface area (Å²) in [5.74, 6) is -0.389. The van der Waals surface area contributed by atoms with Gasteiger partial charge in [0.05, 0.1) is 17.9 Å². The van der Waals surface area contributed by atoms with Gasteiger partial charge in [-0.2, -0.15) is 0 Å². The number of carbonyl (C=O) groups is 2. The lowest BCUT2D eigenvalue weighted by Crippen LogP contribution is -2.46. The van der Waals surface area contributed by atoms with Gasteiger partial charge in [-0.3, -0.25) is 14.6 Å². The molecular weight excluding hydrogens is 374 g/mol. The molecule has 2 atom stereocenters. The van der Waals surface area contributed by atoms with Crippen molar-refractivity contribution in [3.8, 4) is 5.75 Å². The second-order valence-corrected chi connectivity index (χ2v) is 7.00. The molecule has 0 saturated heterocycles. The van der Waals surface area contributed by atoms with Gasteiger partial charge in [0, 0.05) is 11.6 Å². The molecule has 0 bridgehead atoms. The molecule has 1 aromatic carbocycles. The molecule has 0 saturated carbocycles. The number of furan rings is 1. The summed E-state index contributed by atoms with van der Waals surface area (Å²) in [6.45, 7) is 1.07. The number of aliphatic hydroxyl groups is 1. The number of amides is 2. The van der Waals surface area contributed by atoms with Gasteiger partial charge in [0.25, 0.3) is 5.91 Å². The van der Waals surface area contributed by atoms with Gasteiger partial charge in [0.15, 0.2) is 0 Å². The van der Waals surface area contributed by atoms with Crippen LogP contribution < -0.4 is 15.8 Å². The highest BCUT2D eigenvalue weighted by molar-refractivity contribution is 6.08. The molecule has 2 aromatic heterocycles. The normalized spacial score (nSPS) is 16.4. The monoisotopic (exact) mass is 395 g/mol. The number of pyridine rings is 1. The van der Waals surface area contributed by atoms with Gasteiger partial charge in [0.2, 0.25) is 5.91 Å². The van der Waals surface area contributed by atoms with Crippen molar-refractivity contribution in [1.29, 1.82) is 0 Å². The van der Waals surface area contributed by atoms with E-state index in [1.165, 1.54) is 5.56 Å². The molecule has 0 aliphatic heterocycles. The number of ether oxygens (including phenoxy) is 1. The smallest absolute Gasteiger partial charge is 0.256 e. The summed E-state index contributed by atoms with van der Waals surface area (Å²) >= 11 is 0. The number of nitrogens with one attached hydrogen (secondary N) is 1. The van der Waals surface area contributed by atoms with Crippen LogP contribution in [0.1, 0.15) is 39.9 Å². The summed E-state index contributed by atoms with van der Waals surface area (Å²) in [5.41, 5.74) is 8.09. The van der Waals surface area contributed by atoms with Gasteiger partial charge >= 0.3 is 0 Å². The zero-order valence-corrected chi connectivity index (χ0v) is 15.8. The maximum atomic E-state index is 12.7. The van der Waals surface area contributed by atoms with E-state index in [-0.39, 0.29) is 11.7 Å². The number of aromatic nitrogens is 1. The summed E-state index contributed by atoms with van der Waals surface area (Å²) in [6.07, 6.45) is 3.34. The highest BCUT2D eigenvalue weighted by atomic mass is 16.5. The van der Waals surface area contributed by atoms with Crippen LogP contribution in [0.4, 0.5) is 0 Å². The average Bonchev–Trinajstić information content (AvgIpc) is 3.25. The third kappa shape index (κ3) is 3.54. The number of benzene rings is 1. The highest BCUT2D eigenvalue weighted by Gasteiger charge is 2.27. The molecule has 150 valence electrons. The lowest BCUT2D eigenvalue weighted by atomic mass is 10.1. The van der Waals surface area contributed by atoms with Crippen molar-refractivity contribution in [1.82, 2.24) is 10.3 Å². The lowest BCUT2D eigenvalue weighted by molar-refractivity contribution is -0.120. The van der Waals surface area contributed by atoms with Crippen molar-refractivity contribution < 1.29 is 23.8 Å². The maximum absolute atomic E-state index is 12.7. The Morgan fingerprint density at radius 1 is 1.41 bits per heavy atom. The van der Waals surface area contributed by atoms with Crippen molar-refractivity contribution in [2.45, 2.75) is 31.9 Å². The second kappa shape index (κ2) is 7.56. The lowest BCUT2D eigenvalue weighted by Gasteiger charge is -2.14. The van der Waals surface area contributed by atoms with Crippen LogP contribution in [0.2, 0.25) is 0 Å². The van der Waals surface area contributed by atoms with E-state index in [1.54, 1.807) is 31.3 Å². The molecule has 4 N–H and O–H groups in total. The van der Waals surface area contributed by atoms with Crippen LogP contribution >= 0.6 is 0 Å². The molecule has 2 amide bonds. The van der Waals surface area contributed by atoms with Gasteiger partial charge in [-0.15, -0.1) is 0 Å². The summed E-state index contributed by atoms with van der Waals surface area (Å²) < 4.78 is 11.8. The van der Waals surface area contributed by atoms with Crippen molar-refractivity contribution in [2.24, 2.45) is 5.73 Å². The van der Waals surface area contributed by atoms with Crippen LogP contribution in [0.3, 0.4) is 0 Å². The molecule has 8 nitrogen and oxygen atoms in total. The number of fused-ring (bicyclic) bond motifs is 2. The highest BCUT2D eigenvalue weighted by Crippen LogP contribution is 2.35. The Bertz CT molecular complexity index is 1090. The van der Waals surface area contributed by atoms with Crippen LogP contribution in [0.25, 0.3) is 11.0 Å². The van der Waals surface area contributed by atoms with Crippen LogP contribution in [0.5, 0.6) is 5.75 Å². The maximum Gasteiger partial charge on any atom is 0.256 e. The molecule has 29 heavy (non-hydrogen) atoms. The predicted molar refractivity (Wildman–Crippen MR) is 104 cm³/mol. The third-order valence-corrected chi connectivity index (χ3v) is 5.08. The second-order valence-electron chi connectivity index (χ2n) is 7.00. The average molecular weight is 395 g/mol. The molecule has 0 radical (unpaired) electrons. The molecule has 1 aliphatic carbocycles. The molecule has 0 fully saturated rings. The Hall–Kier alpha value is -3.39. The Balaban J connectivity index is 1.63. The summed E-state index contributed by atoms with van der Waals surface area (Å²) in [7, 11) is 0. The molecule has 2 heterocycles. The first kappa shape index (κ1) is 18.9. The van der Waals surface area contributed by atoms with Gasteiger partial charge in [-0.05, 0) is 49.6 Å². The fourth-order valence-corrected chi connectivity index (χ4v) is 3.65. The first-order chi connectivity index (χ1) is 14.0. The standard InChI is InChI=1S/C21H21N3O5/c1-11-18(21(27)24-15(10-25)20(22)26)14-9-13(5-7-16(14)28-11)29-17-6-4-12-3-2-8-23-19(12)17/h2-3,5,7-9,15,17,25H,4,6,10H2,1H3,(H2,22,26)(H,24,27)/t15-,17?/m0/s1. The predicted octanol–water partition coefficient (Wildman–Crippen LogP) is 1.78. The minimum absolute atomic E-state index is 0.150. The Kier molecular flexibility index (Phi) is 4.94. The zero-order chi connectivity index (χ0) is 20.5. The number of hydrogen-bond donors (Lipinski definition) is 3. The molecule has 4 rings (SSSR count). The van der Waals surface area contributed by atoms with Crippen LogP contribution in [-0.2, 0) is 11.2 Å². The fraction of sp³-hybridized carbons (Fsp3) is 0.286. The number of primary amides is 1. The van der Waals surface area contributed by atoms with Crippen LogP contribution in [0.15, 0.2) is 40.9 Å². The van der Waals surface area contributed by atoms with Crippen LogP contribution in [0, 0.1) is 6.92 Å². The molecule has 8 heteroatoms. The first-order valence-corrected chi connectivity index (χ1v) is 9.32. The van der Waals surface area contributed by atoms with Gasteiger partial charge in [-0.25, -0.2) is 0 Å². The van der Waals surface area contributed by atoms with Gasteiger partial charge in [-0.1, -0.05) is 6.07 Å². The van der Waals surface area contributed by atoms with Crippen LogP contribution in [-0.4, -0.2) is 34.6 Å². The van der Waals surface area contributed by atoms with E-state index < -0.39 is 24.5 Å². The number of rotatable bonds is 6. The largest absolute Gasteiger partial charge is 0.484 e. The summed E-state index contributed by atoms with van der Waals surface area (Å²) in [4.78, 5) is 28.5. The topological polar surface area (TPSA) is 128 Å². The van der Waals surface area contributed by atoms with E-state index in [4.69, 9.17) is 14.9 Å². The van der Waals surface area contributed by atoms with Crippen molar-refractivity contribution in [3.05, 3.63) is 59.1 Å². The van der Waals surface area contributed by atoms with E-state index in [9.17, 15) is 14.7 Å². The Morgan fingerprint density at radius 3 is 3.00 bits per heavy atom. The number of aliphatic hydroxyl groups excluding tert-OH is 1. The molecule has 1 unspecified atom stereocenters. The van der Waals surface area contributed by atoms with Crippen molar-refractivity contribution in [2.75, 3.05) is 6.61 Å². The number of aryl methyl sites for hydroxylation is 2. The summed E-state index contributed by atoms with van der Waals surface area (Å²) in [5, 5.41) is 12.2. The minimum Gasteiger partial charge on any atom is -0.484 e. The summed E-state index contributed by atoms with van der Waals surface area (Å²) in [6, 6.07) is 8.05. The molecule has 0 spiro atoms. The first-order valence-electron chi connectivity index (χ1n) is 9.32. The van der Waals surface area contributed by atoms with E-state index in [0.717, 1.165) is 18.5 Å². The molecular formula is C21H21N3O5. The number of nitrogens with zero attached hydrogens (tertiary/aromatic N) is 1. The van der Waals surface area contributed by atoms with E-state index in [0.29, 0.717) is 22.5 Å². The zero-order valence-electron chi connectivity index (χ0n) is 15.8.